The summed E-state index contributed by atoms with van der Waals surface area (Å²) < 4.78 is 0. The maximum Gasteiger partial charge on any atom is 0.253 e. The van der Waals surface area contributed by atoms with Gasteiger partial charge < -0.3 is 10.0 Å². The molecule has 0 fully saturated rings. The molecule has 1 aromatic rings. The van der Waals surface area contributed by atoms with Crippen LogP contribution in [0.25, 0.3) is 0 Å². The standard InChI is InChI=1S/C11H14ClNO2/c1-8-7-9(12)3-4-10(8)11(15)13(2)5-6-14/h3-4,7,14H,5-6H2,1-2H3. The summed E-state index contributed by atoms with van der Waals surface area (Å²) in [6.07, 6.45) is 0. The van der Waals surface area contributed by atoms with Gasteiger partial charge in [-0.15, -0.1) is 0 Å². The lowest BCUT2D eigenvalue weighted by molar-refractivity contribution is 0.0766. The van der Waals surface area contributed by atoms with E-state index < -0.39 is 0 Å². The van der Waals surface area contributed by atoms with Gasteiger partial charge in [0.25, 0.3) is 5.91 Å². The smallest absolute Gasteiger partial charge is 0.253 e. The first kappa shape index (κ1) is 12.0. The number of carbonyl (C=O) groups is 1. The summed E-state index contributed by atoms with van der Waals surface area (Å²) in [5.74, 6) is -0.0989. The zero-order valence-corrected chi connectivity index (χ0v) is 9.58. The zero-order valence-electron chi connectivity index (χ0n) is 8.83. The van der Waals surface area contributed by atoms with E-state index in [9.17, 15) is 4.79 Å². The number of benzene rings is 1. The van der Waals surface area contributed by atoms with E-state index in [1.54, 1.807) is 25.2 Å². The van der Waals surface area contributed by atoms with E-state index in [0.29, 0.717) is 17.1 Å². The van der Waals surface area contributed by atoms with Crippen LogP contribution in [0.5, 0.6) is 0 Å². The second-order valence-corrected chi connectivity index (χ2v) is 3.85. The number of carbonyl (C=O) groups excluding carboxylic acids is 1. The zero-order chi connectivity index (χ0) is 11.4. The SMILES string of the molecule is Cc1cc(Cl)ccc1C(=O)N(C)CCO. The predicted molar refractivity (Wildman–Crippen MR) is 60.2 cm³/mol. The molecule has 0 bridgehead atoms. The fourth-order valence-electron chi connectivity index (χ4n) is 1.32. The second-order valence-electron chi connectivity index (χ2n) is 3.41. The van der Waals surface area contributed by atoms with Gasteiger partial charge in [-0.2, -0.15) is 0 Å². The van der Waals surface area contributed by atoms with Crippen LogP contribution in [0.15, 0.2) is 18.2 Å². The molecule has 82 valence electrons. The van der Waals surface area contributed by atoms with Crippen molar-refractivity contribution in [3.05, 3.63) is 34.3 Å². The topological polar surface area (TPSA) is 40.5 Å². The van der Waals surface area contributed by atoms with Crippen LogP contribution in [-0.4, -0.2) is 36.1 Å². The molecule has 0 heterocycles. The van der Waals surface area contributed by atoms with Gasteiger partial charge >= 0.3 is 0 Å². The highest BCUT2D eigenvalue weighted by Crippen LogP contribution is 2.16. The second kappa shape index (κ2) is 5.14. The van der Waals surface area contributed by atoms with E-state index in [0.717, 1.165) is 5.56 Å². The molecule has 1 aromatic carbocycles. The lowest BCUT2D eigenvalue weighted by atomic mass is 10.1. The van der Waals surface area contributed by atoms with Crippen molar-refractivity contribution in [1.82, 2.24) is 4.90 Å². The molecule has 1 N–H and O–H groups in total. The highest BCUT2D eigenvalue weighted by molar-refractivity contribution is 6.30. The highest BCUT2D eigenvalue weighted by atomic mass is 35.5. The third-order valence-electron chi connectivity index (χ3n) is 2.20. The first-order valence-electron chi connectivity index (χ1n) is 4.68. The summed E-state index contributed by atoms with van der Waals surface area (Å²) in [6.45, 7) is 2.14. The van der Waals surface area contributed by atoms with Crippen molar-refractivity contribution < 1.29 is 9.90 Å². The molecule has 0 saturated carbocycles. The summed E-state index contributed by atoms with van der Waals surface area (Å²) in [4.78, 5) is 13.3. The van der Waals surface area contributed by atoms with Crippen molar-refractivity contribution in [2.24, 2.45) is 0 Å². The van der Waals surface area contributed by atoms with Crippen LogP contribution in [0.1, 0.15) is 15.9 Å². The Balaban J connectivity index is 2.91. The van der Waals surface area contributed by atoms with Crippen LogP contribution in [0.2, 0.25) is 5.02 Å². The predicted octanol–water partition coefficient (Wildman–Crippen LogP) is 1.71. The Morgan fingerprint density at radius 3 is 2.73 bits per heavy atom. The Bertz CT molecular complexity index is 366. The van der Waals surface area contributed by atoms with Crippen LogP contribution in [0.3, 0.4) is 0 Å². The van der Waals surface area contributed by atoms with Crippen LogP contribution < -0.4 is 0 Å². The Labute approximate surface area is 94.3 Å². The molecular formula is C11H14ClNO2. The molecule has 0 aromatic heterocycles. The maximum atomic E-state index is 11.8. The van der Waals surface area contributed by atoms with E-state index in [1.165, 1.54) is 4.90 Å². The first-order chi connectivity index (χ1) is 7.06. The molecule has 0 saturated heterocycles. The number of aliphatic hydroxyl groups is 1. The average molecular weight is 228 g/mol. The van der Waals surface area contributed by atoms with E-state index >= 15 is 0 Å². The Hall–Kier alpha value is -1.06. The van der Waals surface area contributed by atoms with E-state index in [1.807, 2.05) is 6.92 Å². The van der Waals surface area contributed by atoms with Crippen molar-refractivity contribution in [3.8, 4) is 0 Å². The van der Waals surface area contributed by atoms with E-state index in [-0.39, 0.29) is 12.5 Å². The normalized spacial score (nSPS) is 10.1. The monoisotopic (exact) mass is 227 g/mol. The molecule has 15 heavy (non-hydrogen) atoms. The third-order valence-corrected chi connectivity index (χ3v) is 2.44. The van der Waals surface area contributed by atoms with Gasteiger partial charge in [0.2, 0.25) is 0 Å². The molecular weight excluding hydrogens is 214 g/mol. The minimum atomic E-state index is -0.0989. The number of rotatable bonds is 3. The summed E-state index contributed by atoms with van der Waals surface area (Å²) in [5, 5.41) is 9.35. The van der Waals surface area contributed by atoms with Crippen molar-refractivity contribution in [2.45, 2.75) is 6.92 Å². The van der Waals surface area contributed by atoms with Crippen molar-refractivity contribution in [2.75, 3.05) is 20.2 Å². The quantitative estimate of drug-likeness (QED) is 0.854. The number of hydrogen-bond donors (Lipinski definition) is 1. The molecule has 0 unspecified atom stereocenters. The highest BCUT2D eigenvalue weighted by Gasteiger charge is 2.13. The number of aliphatic hydroxyl groups excluding tert-OH is 1. The van der Waals surface area contributed by atoms with Crippen molar-refractivity contribution >= 4 is 17.5 Å². The van der Waals surface area contributed by atoms with E-state index in [4.69, 9.17) is 16.7 Å². The number of aryl methyl sites for hydroxylation is 1. The fraction of sp³-hybridized carbons (Fsp3) is 0.364. The van der Waals surface area contributed by atoms with Gasteiger partial charge in [-0.05, 0) is 30.7 Å². The Kier molecular flexibility index (Phi) is 4.12. The van der Waals surface area contributed by atoms with Gasteiger partial charge in [0, 0.05) is 24.2 Å². The number of halogens is 1. The Morgan fingerprint density at radius 2 is 2.20 bits per heavy atom. The molecule has 4 heteroatoms. The van der Waals surface area contributed by atoms with Gasteiger partial charge in [0.1, 0.15) is 0 Å². The van der Waals surface area contributed by atoms with E-state index in [2.05, 4.69) is 0 Å². The molecule has 0 aliphatic carbocycles. The van der Waals surface area contributed by atoms with Crippen molar-refractivity contribution in [3.63, 3.8) is 0 Å². The maximum absolute atomic E-state index is 11.8. The average Bonchev–Trinajstić information content (AvgIpc) is 2.17. The third kappa shape index (κ3) is 2.94. The number of nitrogens with zero attached hydrogens (tertiary/aromatic N) is 1. The molecule has 0 spiro atoms. The molecule has 1 amide bonds. The van der Waals surface area contributed by atoms with Crippen LogP contribution in [0, 0.1) is 6.92 Å². The molecule has 1 rings (SSSR count). The van der Waals surface area contributed by atoms with Crippen LogP contribution in [0.4, 0.5) is 0 Å². The first-order valence-corrected chi connectivity index (χ1v) is 5.06. The van der Waals surface area contributed by atoms with Crippen LogP contribution in [-0.2, 0) is 0 Å². The van der Waals surface area contributed by atoms with Gasteiger partial charge in [-0.3, -0.25) is 4.79 Å². The summed E-state index contributed by atoms with van der Waals surface area (Å²) in [6, 6.07) is 5.14. The van der Waals surface area contributed by atoms with Gasteiger partial charge in [-0.1, -0.05) is 11.6 Å². The lowest BCUT2D eigenvalue weighted by Gasteiger charge is -2.16. The molecule has 0 radical (unpaired) electrons. The lowest BCUT2D eigenvalue weighted by Crippen LogP contribution is -2.29. The number of likely N-dealkylation sites (N-methyl/N-ethyl adjacent to an activating group) is 1. The molecule has 3 nitrogen and oxygen atoms in total. The Morgan fingerprint density at radius 1 is 1.53 bits per heavy atom. The molecule has 0 atom stereocenters. The number of amides is 1. The summed E-state index contributed by atoms with van der Waals surface area (Å²) >= 11 is 5.80. The summed E-state index contributed by atoms with van der Waals surface area (Å²) in [7, 11) is 1.66. The van der Waals surface area contributed by atoms with Gasteiger partial charge in [0.05, 0.1) is 6.61 Å². The molecule has 0 aliphatic rings. The van der Waals surface area contributed by atoms with Crippen LogP contribution >= 0.6 is 11.6 Å². The minimum absolute atomic E-state index is 0.0329. The summed E-state index contributed by atoms with van der Waals surface area (Å²) in [5.41, 5.74) is 1.47. The molecule has 0 aliphatic heterocycles. The van der Waals surface area contributed by atoms with Gasteiger partial charge in [-0.25, -0.2) is 0 Å². The largest absolute Gasteiger partial charge is 0.395 e. The minimum Gasteiger partial charge on any atom is -0.395 e. The fourth-order valence-corrected chi connectivity index (χ4v) is 1.55. The number of hydrogen-bond acceptors (Lipinski definition) is 2. The van der Waals surface area contributed by atoms with Gasteiger partial charge in [0.15, 0.2) is 0 Å². The van der Waals surface area contributed by atoms with Crippen molar-refractivity contribution in [1.29, 1.82) is 0 Å².